The van der Waals surface area contributed by atoms with E-state index in [1.165, 1.54) is 24.8 Å². The highest BCUT2D eigenvalue weighted by atomic mass is 35.5. The summed E-state index contributed by atoms with van der Waals surface area (Å²) in [5.74, 6) is 0.676. The maximum atomic E-state index is 15.4. The second-order valence-electron chi connectivity index (χ2n) is 8.72. The fraction of sp³-hybridized carbons (Fsp3) is 0.154. The largest absolute Gasteiger partial charge is 0.455 e. The number of halogens is 2. The molecular weight excluding hydrogens is 525 g/mol. The zero-order valence-corrected chi connectivity index (χ0v) is 21.2. The smallest absolute Gasteiger partial charge is 0.247 e. The van der Waals surface area contributed by atoms with E-state index in [0.29, 0.717) is 47.3 Å². The number of anilines is 3. The molecule has 13 heteroatoms. The van der Waals surface area contributed by atoms with E-state index in [1.54, 1.807) is 33.8 Å². The predicted octanol–water partition coefficient (Wildman–Crippen LogP) is 4.58. The lowest BCUT2D eigenvalue weighted by molar-refractivity contribution is -0.126. The first kappa shape index (κ1) is 24.5. The quantitative estimate of drug-likeness (QED) is 0.306. The highest BCUT2D eigenvalue weighted by Crippen LogP contribution is 2.36. The topological polar surface area (TPSA) is 114 Å². The zero-order valence-electron chi connectivity index (χ0n) is 20.5. The van der Waals surface area contributed by atoms with Gasteiger partial charge in [-0.2, -0.15) is 5.10 Å². The number of aromatic nitrogens is 6. The van der Waals surface area contributed by atoms with Crippen molar-refractivity contribution in [2.75, 3.05) is 30.0 Å². The van der Waals surface area contributed by atoms with Crippen molar-refractivity contribution in [2.24, 2.45) is 0 Å². The van der Waals surface area contributed by atoms with Gasteiger partial charge in [-0.3, -0.25) is 4.79 Å². The third kappa shape index (κ3) is 4.77. The normalized spacial score (nSPS) is 13.6. The van der Waals surface area contributed by atoms with Gasteiger partial charge >= 0.3 is 0 Å². The highest BCUT2D eigenvalue weighted by molar-refractivity contribution is 6.32. The fourth-order valence-corrected chi connectivity index (χ4v) is 4.52. The maximum Gasteiger partial charge on any atom is 0.247 e. The van der Waals surface area contributed by atoms with Crippen LogP contribution in [0, 0.1) is 5.82 Å². The number of fused-ring (bicyclic) bond motifs is 2. The Morgan fingerprint density at radius 2 is 2.03 bits per heavy atom. The molecule has 0 unspecified atom stereocenters. The molecule has 1 N–H and O–H groups in total. The van der Waals surface area contributed by atoms with Crippen LogP contribution in [0.3, 0.4) is 0 Å². The maximum absolute atomic E-state index is 15.4. The Balaban J connectivity index is 1.27. The first-order valence-corrected chi connectivity index (χ1v) is 12.4. The zero-order chi connectivity index (χ0) is 26.9. The number of carbonyl (C=O) groups excluding carboxylic acids is 1. The van der Waals surface area contributed by atoms with Crippen LogP contribution in [0.1, 0.15) is 6.42 Å². The molecule has 1 saturated heterocycles. The third-order valence-electron chi connectivity index (χ3n) is 6.25. The van der Waals surface area contributed by atoms with Gasteiger partial charge in [0.25, 0.3) is 0 Å². The van der Waals surface area contributed by atoms with E-state index >= 15 is 4.39 Å². The van der Waals surface area contributed by atoms with Crippen LogP contribution in [0.25, 0.3) is 16.7 Å². The van der Waals surface area contributed by atoms with Crippen molar-refractivity contribution < 1.29 is 13.9 Å². The van der Waals surface area contributed by atoms with Gasteiger partial charge in [0.05, 0.1) is 17.9 Å². The molecule has 11 nitrogen and oxygen atoms in total. The number of carbonyl (C=O) groups is 1. The number of nitrogens with zero attached hydrogens (tertiary/aromatic N) is 8. The first-order chi connectivity index (χ1) is 19.0. The summed E-state index contributed by atoms with van der Waals surface area (Å²) >= 11 is 6.34. The van der Waals surface area contributed by atoms with Crippen LogP contribution in [-0.2, 0) is 4.79 Å². The van der Waals surface area contributed by atoms with E-state index in [0.717, 1.165) is 13.0 Å². The molecule has 196 valence electrons. The van der Waals surface area contributed by atoms with Gasteiger partial charge < -0.3 is 19.9 Å². The van der Waals surface area contributed by atoms with Crippen molar-refractivity contribution in [3.8, 4) is 11.5 Å². The summed E-state index contributed by atoms with van der Waals surface area (Å²) in [6.07, 6.45) is 6.57. The van der Waals surface area contributed by atoms with Crippen molar-refractivity contribution in [1.82, 2.24) is 34.4 Å². The molecule has 6 rings (SSSR count). The molecule has 1 fully saturated rings. The van der Waals surface area contributed by atoms with Gasteiger partial charge in [0.1, 0.15) is 40.5 Å². The summed E-state index contributed by atoms with van der Waals surface area (Å²) < 4.78 is 22.7. The standard InChI is InChI=1S/C26H21ClFN9O2/c1-2-22(38)36-10-3-9-35(15-36)20-7-5-18-25(34-20)26(31-13-29-18)33-17-4-6-19(23(27)24(17)28)39-16-8-11-37-21(12-16)30-14-32-37/h2,4-8,11-14H,1,3,9-10,15H2,(H,29,31,33). The second-order valence-corrected chi connectivity index (χ2v) is 9.09. The number of hydrogen-bond acceptors (Lipinski definition) is 9. The lowest BCUT2D eigenvalue weighted by atomic mass is 10.2. The molecule has 1 aliphatic rings. The Hall–Kier alpha value is -4.84. The molecule has 0 radical (unpaired) electrons. The summed E-state index contributed by atoms with van der Waals surface area (Å²) in [7, 11) is 0. The molecule has 1 aliphatic heterocycles. The fourth-order valence-electron chi connectivity index (χ4n) is 4.32. The first-order valence-electron chi connectivity index (χ1n) is 12.0. The van der Waals surface area contributed by atoms with Gasteiger partial charge in [-0.1, -0.05) is 18.2 Å². The highest BCUT2D eigenvalue weighted by Gasteiger charge is 2.22. The summed E-state index contributed by atoms with van der Waals surface area (Å²) in [4.78, 5) is 33.2. The van der Waals surface area contributed by atoms with Gasteiger partial charge in [0.2, 0.25) is 5.91 Å². The molecule has 0 atom stereocenters. The van der Waals surface area contributed by atoms with Crippen LogP contribution in [-0.4, -0.2) is 60.1 Å². The number of ether oxygens (including phenoxy) is 1. The number of rotatable bonds is 6. The van der Waals surface area contributed by atoms with E-state index in [4.69, 9.17) is 21.3 Å². The number of hydrogen-bond donors (Lipinski definition) is 1. The van der Waals surface area contributed by atoms with Crippen molar-refractivity contribution in [1.29, 1.82) is 0 Å². The molecule has 4 aromatic heterocycles. The van der Waals surface area contributed by atoms with E-state index in [1.807, 2.05) is 17.0 Å². The molecule has 39 heavy (non-hydrogen) atoms. The lowest BCUT2D eigenvalue weighted by Crippen LogP contribution is -2.47. The average molecular weight is 546 g/mol. The molecule has 0 bridgehead atoms. The van der Waals surface area contributed by atoms with Crippen LogP contribution in [0.15, 0.2) is 67.9 Å². The summed E-state index contributed by atoms with van der Waals surface area (Å²) in [5, 5.41) is 6.82. The van der Waals surface area contributed by atoms with Gasteiger partial charge in [-0.05, 0) is 42.8 Å². The van der Waals surface area contributed by atoms with E-state index in [2.05, 4.69) is 31.9 Å². The van der Waals surface area contributed by atoms with Crippen molar-refractivity contribution in [3.05, 3.63) is 78.7 Å². The van der Waals surface area contributed by atoms with Gasteiger partial charge in [0.15, 0.2) is 17.3 Å². The molecule has 0 saturated carbocycles. The summed E-state index contributed by atoms with van der Waals surface area (Å²) in [6, 6.07) is 10.1. The molecule has 1 amide bonds. The Labute approximate surface area is 226 Å². The minimum absolute atomic E-state index is 0.0909. The summed E-state index contributed by atoms with van der Waals surface area (Å²) in [6.45, 7) is 5.34. The van der Waals surface area contributed by atoms with Crippen molar-refractivity contribution in [3.63, 3.8) is 0 Å². The van der Waals surface area contributed by atoms with Crippen LogP contribution in [0.5, 0.6) is 11.5 Å². The Morgan fingerprint density at radius 3 is 2.90 bits per heavy atom. The molecular formula is C26H21ClFN9O2. The Morgan fingerprint density at radius 1 is 1.13 bits per heavy atom. The lowest BCUT2D eigenvalue weighted by Gasteiger charge is -2.35. The minimum Gasteiger partial charge on any atom is -0.455 e. The van der Waals surface area contributed by atoms with Crippen LogP contribution < -0.4 is 15.0 Å². The van der Waals surface area contributed by atoms with Crippen LogP contribution in [0.2, 0.25) is 5.02 Å². The monoisotopic (exact) mass is 545 g/mol. The predicted molar refractivity (Wildman–Crippen MR) is 144 cm³/mol. The number of benzene rings is 1. The van der Waals surface area contributed by atoms with Crippen LogP contribution in [0.4, 0.5) is 21.7 Å². The van der Waals surface area contributed by atoms with E-state index < -0.39 is 5.82 Å². The average Bonchev–Trinajstić information content (AvgIpc) is 3.44. The number of amides is 1. The van der Waals surface area contributed by atoms with Gasteiger partial charge in [0, 0.05) is 25.4 Å². The summed E-state index contributed by atoms with van der Waals surface area (Å²) in [5.41, 5.74) is 1.69. The number of nitrogens with one attached hydrogen (secondary N) is 1. The third-order valence-corrected chi connectivity index (χ3v) is 6.61. The van der Waals surface area contributed by atoms with Crippen molar-refractivity contribution in [2.45, 2.75) is 6.42 Å². The Bertz CT molecular complexity index is 1730. The van der Waals surface area contributed by atoms with E-state index in [9.17, 15) is 4.79 Å². The molecule has 0 aliphatic carbocycles. The second kappa shape index (κ2) is 10.1. The van der Waals surface area contributed by atoms with Crippen LogP contribution >= 0.6 is 11.6 Å². The van der Waals surface area contributed by atoms with Gasteiger partial charge in [-0.25, -0.2) is 28.8 Å². The van der Waals surface area contributed by atoms with Gasteiger partial charge in [-0.15, -0.1) is 0 Å². The molecule has 5 heterocycles. The molecule has 1 aromatic carbocycles. The van der Waals surface area contributed by atoms with Crippen molar-refractivity contribution >= 4 is 51.5 Å². The number of pyridine rings is 2. The molecule has 0 spiro atoms. The SMILES string of the molecule is C=CC(=O)N1CCCN(c2ccc3ncnc(Nc4ccc(Oc5ccn6ncnc6c5)c(Cl)c4F)c3n2)C1. The van der Waals surface area contributed by atoms with E-state index in [-0.39, 0.29) is 22.4 Å². The molecule has 5 aromatic rings. The minimum atomic E-state index is -0.713. The Kier molecular flexibility index (Phi) is 6.37.